The van der Waals surface area contributed by atoms with Crippen LogP contribution < -0.4 is 0 Å². The van der Waals surface area contributed by atoms with Gasteiger partial charge in [-0.3, -0.25) is 0 Å². The van der Waals surface area contributed by atoms with Crippen LogP contribution in [0, 0.1) is 22.7 Å². The lowest BCUT2D eigenvalue weighted by molar-refractivity contribution is 0.00240. The van der Waals surface area contributed by atoms with Gasteiger partial charge in [-0.2, -0.15) is 0 Å². The first kappa shape index (κ1) is 15.5. The molecular formula is C14H26O2. The van der Waals surface area contributed by atoms with Gasteiger partial charge in [0.05, 0.1) is 0 Å². The molecule has 0 heterocycles. The van der Waals surface area contributed by atoms with E-state index in [4.69, 9.17) is 0 Å². The number of hydrogen-bond donors (Lipinski definition) is 2. The average Bonchev–Trinajstić information content (AvgIpc) is 1.97. The minimum atomic E-state index is -1.11. The molecule has 0 aliphatic rings. The molecule has 0 saturated heterocycles. The van der Waals surface area contributed by atoms with Gasteiger partial charge in [0, 0.05) is 10.8 Å². The number of rotatable bonds is 0. The van der Waals surface area contributed by atoms with Crippen molar-refractivity contribution >= 4 is 0 Å². The van der Waals surface area contributed by atoms with Gasteiger partial charge in [0.15, 0.2) is 0 Å². The average molecular weight is 226 g/mol. The molecule has 0 aliphatic carbocycles. The molecule has 0 aromatic heterocycles. The Bertz CT molecular complexity index is 270. The van der Waals surface area contributed by atoms with E-state index in [1.807, 2.05) is 41.5 Å². The van der Waals surface area contributed by atoms with Crippen LogP contribution in [0.5, 0.6) is 0 Å². The molecule has 0 radical (unpaired) electrons. The number of aliphatic hydroxyl groups is 2. The minimum absolute atomic E-state index is 0.339. The zero-order chi connectivity index (χ0) is 13.4. The summed E-state index contributed by atoms with van der Waals surface area (Å²) in [5.74, 6) is 5.60. The molecule has 0 spiro atoms. The van der Waals surface area contributed by atoms with Crippen molar-refractivity contribution in [1.29, 1.82) is 0 Å². The second-order valence-electron chi connectivity index (χ2n) is 6.89. The molecule has 0 aliphatic heterocycles. The predicted molar refractivity (Wildman–Crippen MR) is 67.9 cm³/mol. The highest BCUT2D eigenvalue weighted by atomic mass is 16.3. The van der Waals surface area contributed by atoms with Crippen LogP contribution in [0.2, 0.25) is 0 Å². The zero-order valence-electron chi connectivity index (χ0n) is 11.9. The molecule has 2 atom stereocenters. The summed E-state index contributed by atoms with van der Waals surface area (Å²) in [5.41, 5.74) is -2.90. The maximum Gasteiger partial charge on any atom is 0.127 e. The summed E-state index contributed by atoms with van der Waals surface area (Å²) in [5, 5.41) is 20.4. The van der Waals surface area contributed by atoms with E-state index in [-0.39, 0.29) is 10.8 Å². The summed E-state index contributed by atoms with van der Waals surface area (Å²) in [6.07, 6.45) is 0. The van der Waals surface area contributed by atoms with E-state index in [0.29, 0.717) is 0 Å². The van der Waals surface area contributed by atoms with E-state index in [2.05, 4.69) is 11.8 Å². The molecule has 2 heteroatoms. The molecule has 0 amide bonds. The van der Waals surface area contributed by atoms with Gasteiger partial charge in [0.1, 0.15) is 11.2 Å². The van der Waals surface area contributed by atoms with E-state index >= 15 is 0 Å². The summed E-state index contributed by atoms with van der Waals surface area (Å²) in [4.78, 5) is 0. The van der Waals surface area contributed by atoms with Crippen LogP contribution in [0.3, 0.4) is 0 Å². The summed E-state index contributed by atoms with van der Waals surface area (Å²) >= 11 is 0. The first-order valence-electron chi connectivity index (χ1n) is 5.70. The Kier molecular flexibility index (Phi) is 3.92. The van der Waals surface area contributed by atoms with Crippen molar-refractivity contribution in [3.63, 3.8) is 0 Å². The smallest absolute Gasteiger partial charge is 0.127 e. The predicted octanol–water partition coefficient (Wildman–Crippen LogP) is 2.58. The normalized spacial score (nSPS) is 20.4. The fourth-order valence-electron chi connectivity index (χ4n) is 0.618. The van der Waals surface area contributed by atoms with E-state index < -0.39 is 11.2 Å². The third-order valence-corrected chi connectivity index (χ3v) is 3.47. The molecule has 0 fully saturated rings. The highest BCUT2D eigenvalue weighted by Crippen LogP contribution is 2.32. The molecule has 0 aromatic carbocycles. The lowest BCUT2D eigenvalue weighted by Gasteiger charge is -2.35. The highest BCUT2D eigenvalue weighted by molar-refractivity contribution is 5.23. The first-order chi connectivity index (χ1) is 6.71. The van der Waals surface area contributed by atoms with Crippen molar-refractivity contribution in [1.82, 2.24) is 0 Å². The van der Waals surface area contributed by atoms with Crippen LogP contribution in [0.25, 0.3) is 0 Å². The summed E-state index contributed by atoms with van der Waals surface area (Å²) in [7, 11) is 0. The van der Waals surface area contributed by atoms with E-state index in [1.165, 1.54) is 0 Å². The quantitative estimate of drug-likeness (QED) is 0.623. The third kappa shape index (κ3) is 3.50. The van der Waals surface area contributed by atoms with E-state index in [0.717, 1.165) is 0 Å². The van der Waals surface area contributed by atoms with Crippen molar-refractivity contribution < 1.29 is 10.2 Å². The molecule has 2 N–H and O–H groups in total. The summed E-state index contributed by atoms with van der Waals surface area (Å²) in [6, 6.07) is 0. The standard InChI is InChI=1S/C14H26O2/c1-11(2,3)13(7,15)9-10-14(8,16)12(4,5)6/h15-16H,1-8H3/t13-,14-/m0/s1. The molecule has 16 heavy (non-hydrogen) atoms. The molecule has 2 nitrogen and oxygen atoms in total. The van der Waals surface area contributed by atoms with Crippen LogP contribution in [-0.4, -0.2) is 21.4 Å². The van der Waals surface area contributed by atoms with Crippen LogP contribution >= 0.6 is 0 Å². The second kappa shape index (κ2) is 4.05. The summed E-state index contributed by atoms with van der Waals surface area (Å²) < 4.78 is 0. The summed E-state index contributed by atoms with van der Waals surface area (Å²) in [6.45, 7) is 14.9. The largest absolute Gasteiger partial charge is 0.377 e. The Labute approximate surface area is 100 Å². The van der Waals surface area contributed by atoms with Crippen LogP contribution in [-0.2, 0) is 0 Å². The molecule has 94 valence electrons. The molecular weight excluding hydrogens is 200 g/mol. The third-order valence-electron chi connectivity index (χ3n) is 3.47. The van der Waals surface area contributed by atoms with Crippen molar-refractivity contribution in [3.05, 3.63) is 0 Å². The van der Waals surface area contributed by atoms with Crippen molar-refractivity contribution in [2.24, 2.45) is 10.8 Å². The number of hydrogen-bond acceptors (Lipinski definition) is 2. The highest BCUT2D eigenvalue weighted by Gasteiger charge is 2.37. The maximum absolute atomic E-state index is 10.2. The Morgan fingerprint density at radius 2 is 0.750 bits per heavy atom. The van der Waals surface area contributed by atoms with Gasteiger partial charge in [-0.25, -0.2) is 0 Å². The van der Waals surface area contributed by atoms with Gasteiger partial charge in [-0.15, -0.1) is 0 Å². The molecule has 0 aromatic rings. The maximum atomic E-state index is 10.2. The minimum Gasteiger partial charge on any atom is -0.377 e. The lowest BCUT2D eigenvalue weighted by atomic mass is 9.75. The van der Waals surface area contributed by atoms with Crippen LogP contribution in [0.1, 0.15) is 55.4 Å². The lowest BCUT2D eigenvalue weighted by Crippen LogP contribution is -2.41. The molecule has 0 saturated carbocycles. The van der Waals surface area contributed by atoms with Crippen molar-refractivity contribution in [3.8, 4) is 11.8 Å². The fourth-order valence-corrected chi connectivity index (χ4v) is 0.618. The van der Waals surface area contributed by atoms with Crippen molar-refractivity contribution in [2.75, 3.05) is 0 Å². The Morgan fingerprint density at radius 3 is 0.875 bits per heavy atom. The second-order valence-corrected chi connectivity index (χ2v) is 6.89. The molecule has 0 bridgehead atoms. The Morgan fingerprint density at radius 1 is 0.562 bits per heavy atom. The van der Waals surface area contributed by atoms with Crippen LogP contribution in [0.4, 0.5) is 0 Å². The van der Waals surface area contributed by atoms with Gasteiger partial charge in [0.25, 0.3) is 0 Å². The van der Waals surface area contributed by atoms with Gasteiger partial charge < -0.3 is 10.2 Å². The van der Waals surface area contributed by atoms with Gasteiger partial charge in [0.2, 0.25) is 0 Å². The Hall–Kier alpha value is -0.520. The van der Waals surface area contributed by atoms with E-state index in [9.17, 15) is 10.2 Å². The van der Waals surface area contributed by atoms with E-state index in [1.54, 1.807) is 13.8 Å². The molecule has 0 rings (SSSR count). The fraction of sp³-hybridized carbons (Fsp3) is 0.857. The monoisotopic (exact) mass is 226 g/mol. The van der Waals surface area contributed by atoms with Gasteiger partial charge >= 0.3 is 0 Å². The van der Waals surface area contributed by atoms with Gasteiger partial charge in [-0.1, -0.05) is 53.4 Å². The Balaban J connectivity index is 5.17. The topological polar surface area (TPSA) is 40.5 Å². The molecule has 0 unspecified atom stereocenters. The van der Waals surface area contributed by atoms with Crippen LogP contribution in [0.15, 0.2) is 0 Å². The van der Waals surface area contributed by atoms with Crippen molar-refractivity contribution in [2.45, 2.75) is 66.6 Å². The zero-order valence-corrected chi connectivity index (χ0v) is 11.9. The SMILES string of the molecule is CC(C)(C)[C@@](C)(O)C#C[C@](C)(O)C(C)(C)C. The first-order valence-corrected chi connectivity index (χ1v) is 5.70. The van der Waals surface area contributed by atoms with Gasteiger partial charge in [-0.05, 0) is 13.8 Å².